The predicted molar refractivity (Wildman–Crippen MR) is 164 cm³/mol. The normalized spacial score (nSPS) is 18.7. The van der Waals surface area contributed by atoms with Crippen molar-refractivity contribution < 1.29 is 13.9 Å². The van der Waals surface area contributed by atoms with E-state index in [0.717, 1.165) is 34.9 Å². The number of fused-ring (bicyclic) bond motifs is 1. The second-order valence-electron chi connectivity index (χ2n) is 11.4. The number of hydrogen-bond donors (Lipinski definition) is 0. The summed E-state index contributed by atoms with van der Waals surface area (Å²) in [6, 6.07) is 8.23. The fraction of sp³-hybridized carbons (Fsp3) is 0.452. The summed E-state index contributed by atoms with van der Waals surface area (Å²) in [7, 11) is 0. The number of nitriles is 1. The Labute approximate surface area is 250 Å². The number of ether oxygens (including phenoxy) is 1. The number of likely N-dealkylation sites (N-methyl/N-ethyl adjacent to an activating group) is 1. The van der Waals surface area contributed by atoms with Gasteiger partial charge in [-0.15, -0.1) is 0 Å². The van der Waals surface area contributed by atoms with Crippen LogP contribution in [0.5, 0.6) is 0 Å². The molecular weight excluding hydrogens is 553 g/mol. The van der Waals surface area contributed by atoms with Crippen LogP contribution in [0.3, 0.4) is 0 Å². The van der Waals surface area contributed by atoms with Gasteiger partial charge in [-0.3, -0.25) is 4.99 Å². The van der Waals surface area contributed by atoms with E-state index in [-0.39, 0.29) is 18.0 Å². The van der Waals surface area contributed by atoms with Crippen LogP contribution in [0.4, 0.5) is 14.3 Å². The van der Waals surface area contributed by atoms with E-state index in [0.29, 0.717) is 54.0 Å². The average Bonchev–Trinajstić information content (AvgIpc) is 3.53. The Morgan fingerprint density at radius 1 is 1.19 bits per heavy atom. The smallest absolute Gasteiger partial charge is 0.410 e. The number of allylic oxidation sites excluding steroid dienone is 2. The number of hydrogen-bond acceptors (Lipinski definition) is 9. The molecule has 0 N–H and O–H groups in total. The van der Waals surface area contributed by atoms with Crippen molar-refractivity contribution in [2.45, 2.75) is 59.6 Å². The second kappa shape index (κ2) is 11.7. The van der Waals surface area contributed by atoms with Gasteiger partial charge in [-0.05, 0) is 71.4 Å². The van der Waals surface area contributed by atoms with Gasteiger partial charge in [0.2, 0.25) is 0 Å². The zero-order valence-corrected chi connectivity index (χ0v) is 25.8. The highest BCUT2D eigenvalue weighted by molar-refractivity contribution is 7.16. The minimum atomic E-state index is -0.535. The number of carbonyl (C=O) groups is 1. The lowest BCUT2D eigenvalue weighted by Crippen LogP contribution is -2.49. The zero-order chi connectivity index (χ0) is 30.2. The van der Waals surface area contributed by atoms with E-state index < -0.39 is 5.60 Å². The molecule has 3 aliphatic rings. The molecule has 0 spiro atoms. The number of piperazine rings is 1. The number of amides is 1. The molecule has 0 radical (unpaired) electrons. The quantitative estimate of drug-likeness (QED) is 0.410. The maximum Gasteiger partial charge on any atom is 0.410 e. The van der Waals surface area contributed by atoms with Gasteiger partial charge in [-0.2, -0.15) is 5.26 Å². The molecule has 42 heavy (non-hydrogen) atoms. The number of aromatic nitrogens is 1. The third-order valence-electron chi connectivity index (χ3n) is 7.34. The van der Waals surface area contributed by atoms with Crippen molar-refractivity contribution in [1.29, 1.82) is 5.26 Å². The highest BCUT2D eigenvalue weighted by Crippen LogP contribution is 2.38. The molecule has 4 heterocycles. The van der Waals surface area contributed by atoms with Crippen molar-refractivity contribution in [1.82, 2.24) is 14.8 Å². The Hall–Kier alpha value is -4.04. The van der Waals surface area contributed by atoms with Crippen molar-refractivity contribution in [3.05, 3.63) is 58.1 Å². The van der Waals surface area contributed by atoms with Gasteiger partial charge in [0.15, 0.2) is 5.13 Å². The molecule has 1 aromatic carbocycles. The fourth-order valence-electron chi connectivity index (χ4n) is 5.29. The minimum absolute atomic E-state index is 0.0964. The molecule has 1 unspecified atom stereocenters. The van der Waals surface area contributed by atoms with Gasteiger partial charge in [0, 0.05) is 49.6 Å². The highest BCUT2D eigenvalue weighted by Gasteiger charge is 2.35. The van der Waals surface area contributed by atoms with E-state index in [9.17, 15) is 14.4 Å². The predicted octanol–water partition coefficient (Wildman–Crippen LogP) is 6.00. The number of halogens is 1. The van der Waals surface area contributed by atoms with Gasteiger partial charge in [0.1, 0.15) is 33.9 Å². The van der Waals surface area contributed by atoms with Crippen LogP contribution >= 0.6 is 11.3 Å². The van der Waals surface area contributed by atoms with E-state index in [1.54, 1.807) is 17.0 Å². The maximum atomic E-state index is 13.6. The van der Waals surface area contributed by atoms with Crippen LogP contribution in [-0.2, 0) is 4.74 Å². The Kier molecular flexibility index (Phi) is 8.19. The largest absolute Gasteiger partial charge is 0.444 e. The molecule has 3 aliphatic heterocycles. The van der Waals surface area contributed by atoms with Gasteiger partial charge >= 0.3 is 6.09 Å². The molecular formula is C31H36FN7O2S. The molecule has 1 saturated heterocycles. The van der Waals surface area contributed by atoms with Crippen LogP contribution in [0.15, 0.2) is 57.4 Å². The minimum Gasteiger partial charge on any atom is -0.444 e. The van der Waals surface area contributed by atoms with Crippen molar-refractivity contribution in [3.8, 4) is 17.3 Å². The lowest BCUT2D eigenvalue weighted by Gasteiger charge is -2.37. The van der Waals surface area contributed by atoms with Crippen LogP contribution in [0.2, 0.25) is 0 Å². The van der Waals surface area contributed by atoms with Gasteiger partial charge in [0.25, 0.3) is 0 Å². The third-order valence-corrected chi connectivity index (χ3v) is 8.33. The summed E-state index contributed by atoms with van der Waals surface area (Å²) in [6.45, 7) is 14.8. The molecule has 220 valence electrons. The average molecular weight is 590 g/mol. The molecule has 0 saturated carbocycles. The molecule has 5 rings (SSSR count). The third kappa shape index (κ3) is 5.81. The Bertz CT molecular complexity index is 1530. The van der Waals surface area contributed by atoms with Gasteiger partial charge < -0.3 is 19.4 Å². The summed E-state index contributed by atoms with van der Waals surface area (Å²) in [5.74, 6) is 0.529. The van der Waals surface area contributed by atoms with E-state index in [1.807, 2.05) is 27.7 Å². The number of carbonyl (C=O) groups excluding carboxylic acids is 1. The molecule has 0 aliphatic carbocycles. The summed E-state index contributed by atoms with van der Waals surface area (Å²) < 4.78 is 19.1. The molecule has 9 nitrogen and oxygen atoms in total. The van der Waals surface area contributed by atoms with Crippen molar-refractivity contribution in [3.63, 3.8) is 0 Å². The number of rotatable bonds is 6. The summed E-state index contributed by atoms with van der Waals surface area (Å²) in [4.78, 5) is 34.1. The van der Waals surface area contributed by atoms with Gasteiger partial charge in [-0.25, -0.2) is 19.2 Å². The van der Waals surface area contributed by atoms with Crippen LogP contribution in [0.25, 0.3) is 11.3 Å². The lowest BCUT2D eigenvalue weighted by molar-refractivity contribution is 0.0168. The summed E-state index contributed by atoms with van der Waals surface area (Å²) in [5.41, 5.74) is 4.46. The lowest BCUT2D eigenvalue weighted by atomic mass is 9.98. The first-order chi connectivity index (χ1) is 20.0. The number of dihydropyridines is 1. The Morgan fingerprint density at radius 2 is 1.88 bits per heavy atom. The van der Waals surface area contributed by atoms with Crippen LogP contribution < -0.4 is 4.90 Å². The molecule has 0 bridgehead atoms. The van der Waals surface area contributed by atoms with E-state index in [4.69, 9.17) is 19.7 Å². The maximum absolute atomic E-state index is 13.6. The first-order valence-corrected chi connectivity index (χ1v) is 15.1. The summed E-state index contributed by atoms with van der Waals surface area (Å²) in [5, 5.41) is 10.6. The SMILES string of the molecule is CCC1N=C2C(C)=NC(N3CCN(C(=O)OC(C)(C)C)CC3)=C2C=C1N(CC)c1nc(-c2ccc(F)cc2)c(C#N)s1. The molecule has 1 aromatic heterocycles. The van der Waals surface area contributed by atoms with Crippen molar-refractivity contribution >= 4 is 34.0 Å². The first-order valence-electron chi connectivity index (χ1n) is 14.3. The molecule has 11 heteroatoms. The molecule has 2 aromatic rings. The topological polar surface area (TPSA) is 97.4 Å². The molecule has 1 fully saturated rings. The monoisotopic (exact) mass is 589 g/mol. The zero-order valence-electron chi connectivity index (χ0n) is 24.9. The highest BCUT2D eigenvalue weighted by atomic mass is 32.1. The fourth-order valence-corrected chi connectivity index (χ4v) is 6.26. The molecule has 1 atom stereocenters. The van der Waals surface area contributed by atoms with Crippen LogP contribution in [-0.4, -0.2) is 76.7 Å². The number of aliphatic imine (C=N–C) groups is 2. The number of benzene rings is 1. The number of thiazole rings is 1. The van der Waals surface area contributed by atoms with Crippen molar-refractivity contribution in [2.24, 2.45) is 9.98 Å². The Balaban J connectivity index is 1.45. The second-order valence-corrected chi connectivity index (χ2v) is 12.4. The Morgan fingerprint density at radius 3 is 2.48 bits per heavy atom. The van der Waals surface area contributed by atoms with E-state index in [1.165, 1.54) is 23.5 Å². The van der Waals surface area contributed by atoms with E-state index in [2.05, 4.69) is 35.8 Å². The number of anilines is 1. The van der Waals surface area contributed by atoms with Crippen molar-refractivity contribution in [2.75, 3.05) is 37.6 Å². The van der Waals surface area contributed by atoms with Crippen LogP contribution in [0, 0.1) is 17.1 Å². The van der Waals surface area contributed by atoms with Crippen LogP contribution in [0.1, 0.15) is 52.8 Å². The summed E-state index contributed by atoms with van der Waals surface area (Å²) >= 11 is 1.32. The van der Waals surface area contributed by atoms with Gasteiger partial charge in [-0.1, -0.05) is 18.3 Å². The first kappa shape index (κ1) is 29.5. The summed E-state index contributed by atoms with van der Waals surface area (Å²) in [6.07, 6.45) is 2.66. The number of nitrogens with zero attached hydrogens (tertiary/aromatic N) is 7. The molecule has 1 amide bonds. The standard InChI is InChI=1S/C31H36FN7O2S/c1-7-23-24(39(8-2)29-36-27(25(18-33)42-29)20-9-11-21(32)12-10-20)17-22-26(35-23)19(3)34-28(22)37-13-15-38(16-14-37)30(40)41-31(4,5)6/h9-12,17,23H,7-8,13-16H2,1-6H3. The van der Waals surface area contributed by atoms with Gasteiger partial charge in [0.05, 0.1) is 17.5 Å². The van der Waals surface area contributed by atoms with E-state index >= 15 is 0 Å².